The summed E-state index contributed by atoms with van der Waals surface area (Å²) in [5, 5.41) is 4.69. The molecule has 3 aromatic rings. The van der Waals surface area contributed by atoms with Crippen molar-refractivity contribution in [1.82, 2.24) is 15.8 Å². The molecule has 194 valence electrons. The van der Waals surface area contributed by atoms with Crippen LogP contribution in [0, 0.1) is 12.3 Å². The molecule has 0 unspecified atom stereocenters. The SMILES string of the molecule is C#CCOc1ccc2oc(C(=O)NCc3ccc(C(=O)NN(CCC)C(=O)OC(C)(C)C)cc3)cc2c1. The van der Waals surface area contributed by atoms with E-state index in [9.17, 15) is 14.4 Å². The van der Waals surface area contributed by atoms with Crippen molar-refractivity contribution < 1.29 is 28.3 Å². The number of rotatable bonds is 8. The molecule has 1 heterocycles. The highest BCUT2D eigenvalue weighted by Crippen LogP contribution is 2.24. The maximum atomic E-state index is 12.7. The number of carbonyl (C=O) groups excluding carboxylic acids is 3. The summed E-state index contributed by atoms with van der Waals surface area (Å²) in [6.45, 7) is 7.87. The number of terminal acetylenes is 1. The second kappa shape index (κ2) is 12.0. The summed E-state index contributed by atoms with van der Waals surface area (Å²) in [6, 6.07) is 13.5. The fraction of sp³-hybridized carbons (Fsp3) is 0.321. The van der Waals surface area contributed by atoms with Crippen LogP contribution in [0.3, 0.4) is 0 Å². The average Bonchev–Trinajstić information content (AvgIpc) is 3.28. The summed E-state index contributed by atoms with van der Waals surface area (Å²) in [5.41, 5.74) is 3.61. The highest BCUT2D eigenvalue weighted by Gasteiger charge is 2.23. The van der Waals surface area contributed by atoms with E-state index in [-0.39, 0.29) is 24.8 Å². The first-order chi connectivity index (χ1) is 17.6. The molecule has 0 saturated carbocycles. The first-order valence-corrected chi connectivity index (χ1v) is 11.9. The minimum Gasteiger partial charge on any atom is -0.481 e. The van der Waals surface area contributed by atoms with Crippen LogP contribution in [0.2, 0.25) is 0 Å². The van der Waals surface area contributed by atoms with Crippen LogP contribution in [0.4, 0.5) is 4.79 Å². The Bertz CT molecular complexity index is 1300. The molecule has 2 N–H and O–H groups in total. The lowest BCUT2D eigenvalue weighted by Crippen LogP contribution is -2.48. The number of furan rings is 1. The minimum absolute atomic E-state index is 0.151. The Hall–Kier alpha value is -4.45. The predicted octanol–water partition coefficient (Wildman–Crippen LogP) is 4.67. The van der Waals surface area contributed by atoms with Crippen molar-refractivity contribution in [2.75, 3.05) is 13.2 Å². The normalized spacial score (nSPS) is 10.9. The van der Waals surface area contributed by atoms with Crippen molar-refractivity contribution in [2.24, 2.45) is 0 Å². The molecule has 0 bridgehead atoms. The molecule has 0 aliphatic heterocycles. The molecule has 0 fully saturated rings. The third-order valence-electron chi connectivity index (χ3n) is 5.00. The molecule has 0 saturated heterocycles. The lowest BCUT2D eigenvalue weighted by atomic mass is 10.1. The number of hydrogen-bond acceptors (Lipinski definition) is 6. The van der Waals surface area contributed by atoms with E-state index in [0.717, 1.165) is 10.9 Å². The van der Waals surface area contributed by atoms with Gasteiger partial charge in [0.25, 0.3) is 11.8 Å². The van der Waals surface area contributed by atoms with Crippen LogP contribution < -0.4 is 15.5 Å². The van der Waals surface area contributed by atoms with Crippen LogP contribution in [0.25, 0.3) is 11.0 Å². The van der Waals surface area contributed by atoms with Crippen LogP contribution >= 0.6 is 0 Å². The number of nitrogens with one attached hydrogen (secondary N) is 2. The van der Waals surface area contributed by atoms with Crippen LogP contribution in [-0.4, -0.2) is 41.7 Å². The summed E-state index contributed by atoms with van der Waals surface area (Å²) < 4.78 is 16.4. The lowest BCUT2D eigenvalue weighted by molar-refractivity contribution is 0.0133. The van der Waals surface area contributed by atoms with Crippen LogP contribution in [0.1, 0.15) is 60.6 Å². The Morgan fingerprint density at radius 2 is 1.78 bits per heavy atom. The summed E-state index contributed by atoms with van der Waals surface area (Å²) in [4.78, 5) is 37.6. The van der Waals surface area contributed by atoms with Crippen LogP contribution in [0.15, 0.2) is 52.9 Å². The zero-order valence-electron chi connectivity index (χ0n) is 21.4. The number of nitrogens with zero attached hydrogens (tertiary/aromatic N) is 1. The third-order valence-corrected chi connectivity index (χ3v) is 5.00. The quantitative estimate of drug-likeness (QED) is 0.340. The Morgan fingerprint density at radius 1 is 1.05 bits per heavy atom. The van der Waals surface area contributed by atoms with E-state index in [2.05, 4.69) is 16.7 Å². The van der Waals surface area contributed by atoms with E-state index in [1.807, 2.05) is 6.92 Å². The molecule has 3 amide bonds. The molecule has 1 aromatic heterocycles. The maximum Gasteiger partial charge on any atom is 0.429 e. The average molecular weight is 506 g/mol. The molecule has 0 radical (unpaired) electrons. The van der Waals surface area contributed by atoms with E-state index >= 15 is 0 Å². The van der Waals surface area contributed by atoms with Crippen LogP contribution in [0.5, 0.6) is 5.75 Å². The van der Waals surface area contributed by atoms with Crippen LogP contribution in [-0.2, 0) is 11.3 Å². The number of ether oxygens (including phenoxy) is 2. The highest BCUT2D eigenvalue weighted by atomic mass is 16.6. The fourth-order valence-electron chi connectivity index (χ4n) is 3.31. The van der Waals surface area contributed by atoms with E-state index in [1.165, 1.54) is 5.01 Å². The summed E-state index contributed by atoms with van der Waals surface area (Å²) in [5.74, 6) is 2.34. The summed E-state index contributed by atoms with van der Waals surface area (Å²) >= 11 is 0. The fourth-order valence-corrected chi connectivity index (χ4v) is 3.31. The number of hydrazine groups is 1. The van der Waals surface area contributed by atoms with E-state index in [1.54, 1.807) is 69.3 Å². The summed E-state index contributed by atoms with van der Waals surface area (Å²) in [6.07, 6.45) is 5.23. The monoisotopic (exact) mass is 505 g/mol. The van der Waals surface area contributed by atoms with Gasteiger partial charge in [0.05, 0.1) is 0 Å². The van der Waals surface area contributed by atoms with Crippen molar-refractivity contribution in [2.45, 2.75) is 46.3 Å². The largest absolute Gasteiger partial charge is 0.481 e. The van der Waals surface area contributed by atoms with Gasteiger partial charge in [-0.05, 0) is 69.2 Å². The number of hydrogen-bond donors (Lipinski definition) is 2. The van der Waals surface area contributed by atoms with Gasteiger partial charge in [0.2, 0.25) is 0 Å². The zero-order valence-corrected chi connectivity index (χ0v) is 21.4. The smallest absolute Gasteiger partial charge is 0.429 e. The molecule has 3 rings (SSSR count). The predicted molar refractivity (Wildman–Crippen MR) is 139 cm³/mol. The van der Waals surface area contributed by atoms with Gasteiger partial charge in [-0.1, -0.05) is 25.0 Å². The Kier molecular flexibility index (Phi) is 8.80. The molecule has 0 aliphatic carbocycles. The third kappa shape index (κ3) is 7.77. The molecule has 9 nitrogen and oxygen atoms in total. The zero-order chi connectivity index (χ0) is 27.0. The standard InChI is InChI=1S/C28H31N3O6/c1-6-14-31(27(34)37-28(3,4)5)30-25(32)20-10-8-19(9-11-20)18-29-26(33)24-17-21-16-22(35-15-7-2)12-13-23(21)36-24/h2,8-13,16-17H,6,14-15,18H2,1,3-5H3,(H,29,33)(H,30,32). The van der Waals surface area contributed by atoms with E-state index in [0.29, 0.717) is 29.9 Å². The van der Waals surface area contributed by atoms with Gasteiger partial charge in [-0.2, -0.15) is 0 Å². The van der Waals surface area contributed by atoms with Gasteiger partial charge in [0, 0.05) is 24.0 Å². The van der Waals surface area contributed by atoms with Gasteiger partial charge in [0.1, 0.15) is 23.5 Å². The first kappa shape index (κ1) is 27.1. The maximum absolute atomic E-state index is 12.7. The first-order valence-electron chi connectivity index (χ1n) is 11.9. The Morgan fingerprint density at radius 3 is 2.43 bits per heavy atom. The second-order valence-electron chi connectivity index (χ2n) is 9.26. The van der Waals surface area contributed by atoms with Crippen molar-refractivity contribution >= 4 is 28.9 Å². The van der Waals surface area contributed by atoms with Crippen molar-refractivity contribution in [1.29, 1.82) is 0 Å². The molecular weight excluding hydrogens is 474 g/mol. The molecule has 9 heteroatoms. The molecular formula is C28H31N3O6. The van der Waals surface area contributed by atoms with E-state index in [4.69, 9.17) is 20.3 Å². The van der Waals surface area contributed by atoms with Crippen molar-refractivity contribution in [3.8, 4) is 18.1 Å². The van der Waals surface area contributed by atoms with Crippen molar-refractivity contribution in [3.63, 3.8) is 0 Å². The van der Waals surface area contributed by atoms with Crippen molar-refractivity contribution in [3.05, 3.63) is 65.4 Å². The van der Waals surface area contributed by atoms with Gasteiger partial charge in [-0.25, -0.2) is 9.80 Å². The number of benzene rings is 2. The van der Waals surface area contributed by atoms with Gasteiger partial charge in [0.15, 0.2) is 5.76 Å². The topological polar surface area (TPSA) is 110 Å². The van der Waals surface area contributed by atoms with E-state index < -0.39 is 17.6 Å². The second-order valence-corrected chi connectivity index (χ2v) is 9.26. The number of amides is 3. The highest BCUT2D eigenvalue weighted by molar-refractivity contribution is 5.96. The molecule has 2 aromatic carbocycles. The van der Waals surface area contributed by atoms with Gasteiger partial charge in [-0.3, -0.25) is 15.0 Å². The molecule has 0 atom stereocenters. The number of carbonyl (C=O) groups is 3. The van der Waals surface area contributed by atoms with Gasteiger partial charge < -0.3 is 19.2 Å². The Labute approximate surface area is 216 Å². The number of fused-ring (bicyclic) bond motifs is 1. The summed E-state index contributed by atoms with van der Waals surface area (Å²) in [7, 11) is 0. The molecule has 37 heavy (non-hydrogen) atoms. The van der Waals surface area contributed by atoms with Gasteiger partial charge in [-0.15, -0.1) is 6.42 Å². The lowest BCUT2D eigenvalue weighted by Gasteiger charge is -2.27. The Balaban J connectivity index is 1.58. The van der Waals surface area contributed by atoms with Gasteiger partial charge >= 0.3 is 6.09 Å². The minimum atomic E-state index is -0.679. The molecule has 0 spiro atoms. The molecule has 0 aliphatic rings.